The molecule has 1 amide bonds. The number of anilines is 1. The molecule has 0 aliphatic heterocycles. The predicted octanol–water partition coefficient (Wildman–Crippen LogP) is 4.37. The van der Waals surface area contributed by atoms with Gasteiger partial charge in [-0.2, -0.15) is 0 Å². The summed E-state index contributed by atoms with van der Waals surface area (Å²) in [6, 6.07) is 7.99. The molecule has 2 N–H and O–H groups in total. The second-order valence-electron chi connectivity index (χ2n) is 5.98. The lowest BCUT2D eigenvalue weighted by atomic mass is 10.1. The number of nitrogens with two attached hydrogens (primary N) is 1. The molecule has 3 nitrogen and oxygen atoms in total. The van der Waals surface area contributed by atoms with Crippen LogP contribution in [0.15, 0.2) is 24.3 Å². The van der Waals surface area contributed by atoms with Gasteiger partial charge in [0.25, 0.3) is 0 Å². The predicted molar refractivity (Wildman–Crippen MR) is 89.9 cm³/mol. The fourth-order valence-corrected chi connectivity index (χ4v) is 2.44. The van der Waals surface area contributed by atoms with Crippen LogP contribution in [0.5, 0.6) is 0 Å². The normalized spacial score (nSPS) is 10.9. The summed E-state index contributed by atoms with van der Waals surface area (Å²) in [7, 11) is 0. The van der Waals surface area contributed by atoms with Crippen LogP contribution in [-0.2, 0) is 11.3 Å². The number of amides is 1. The number of nitrogens with zero attached hydrogens (tertiary/aromatic N) is 1. The van der Waals surface area contributed by atoms with Crippen LogP contribution < -0.4 is 5.73 Å². The molecule has 1 aromatic carbocycles. The summed E-state index contributed by atoms with van der Waals surface area (Å²) in [5.74, 6) is 0.241. The van der Waals surface area contributed by atoms with E-state index in [-0.39, 0.29) is 11.9 Å². The van der Waals surface area contributed by atoms with Gasteiger partial charge in [-0.15, -0.1) is 0 Å². The second-order valence-corrected chi connectivity index (χ2v) is 5.98. The molecule has 118 valence electrons. The van der Waals surface area contributed by atoms with Crippen LogP contribution in [0, 0.1) is 0 Å². The molecular formula is C18H30N2O. The Morgan fingerprint density at radius 3 is 2.43 bits per heavy atom. The molecule has 0 bridgehead atoms. The summed E-state index contributed by atoms with van der Waals surface area (Å²) in [6.07, 6.45) is 6.53. The van der Waals surface area contributed by atoms with Gasteiger partial charge in [0, 0.05) is 24.7 Å². The third-order valence-electron chi connectivity index (χ3n) is 3.83. The number of hydrogen-bond donors (Lipinski definition) is 1. The number of rotatable bonds is 9. The zero-order valence-corrected chi connectivity index (χ0v) is 13.8. The van der Waals surface area contributed by atoms with Crippen molar-refractivity contribution in [3.05, 3.63) is 29.8 Å². The Labute approximate surface area is 129 Å². The molecule has 0 radical (unpaired) electrons. The first-order chi connectivity index (χ1) is 10.1. The van der Waals surface area contributed by atoms with Gasteiger partial charge in [-0.1, -0.05) is 50.8 Å². The summed E-state index contributed by atoms with van der Waals surface area (Å²) in [6.45, 7) is 6.94. The maximum absolute atomic E-state index is 12.4. The summed E-state index contributed by atoms with van der Waals surface area (Å²) in [4.78, 5) is 14.4. The number of benzene rings is 1. The Kier molecular flexibility index (Phi) is 7.88. The van der Waals surface area contributed by atoms with Crippen molar-refractivity contribution in [3.8, 4) is 0 Å². The standard InChI is InChI=1S/C18H30N2O/c1-4-5-6-7-8-13-18(21)20(15(2)3)14-16-11-9-10-12-17(16)19/h9-12,15H,4-8,13-14,19H2,1-3H3. The van der Waals surface area contributed by atoms with Crippen molar-refractivity contribution in [2.75, 3.05) is 5.73 Å². The van der Waals surface area contributed by atoms with Crippen LogP contribution in [0.1, 0.15) is 64.9 Å². The van der Waals surface area contributed by atoms with Crippen LogP contribution in [0.25, 0.3) is 0 Å². The molecule has 0 heterocycles. The van der Waals surface area contributed by atoms with Crippen molar-refractivity contribution in [1.82, 2.24) is 4.90 Å². The number of hydrogen-bond acceptors (Lipinski definition) is 2. The molecule has 0 saturated heterocycles. The highest BCUT2D eigenvalue weighted by molar-refractivity contribution is 5.76. The van der Waals surface area contributed by atoms with E-state index in [2.05, 4.69) is 20.8 Å². The molecule has 3 heteroatoms. The first-order valence-electron chi connectivity index (χ1n) is 8.19. The van der Waals surface area contributed by atoms with Crippen molar-refractivity contribution >= 4 is 11.6 Å². The minimum absolute atomic E-state index is 0.202. The highest BCUT2D eigenvalue weighted by Gasteiger charge is 2.17. The second kappa shape index (κ2) is 9.43. The fraction of sp³-hybridized carbons (Fsp3) is 0.611. The lowest BCUT2D eigenvalue weighted by Gasteiger charge is -2.27. The van der Waals surface area contributed by atoms with Crippen LogP contribution in [-0.4, -0.2) is 16.8 Å². The fourth-order valence-electron chi connectivity index (χ4n) is 2.44. The smallest absolute Gasteiger partial charge is 0.223 e. The summed E-state index contributed by atoms with van der Waals surface area (Å²) in [5.41, 5.74) is 7.78. The molecular weight excluding hydrogens is 260 g/mol. The molecule has 0 spiro atoms. The largest absolute Gasteiger partial charge is 0.398 e. The number of nitrogen functional groups attached to an aromatic ring is 1. The minimum atomic E-state index is 0.202. The van der Waals surface area contributed by atoms with E-state index < -0.39 is 0 Å². The third-order valence-corrected chi connectivity index (χ3v) is 3.83. The Bertz CT molecular complexity index is 429. The van der Waals surface area contributed by atoms with Gasteiger partial charge in [-0.25, -0.2) is 0 Å². The monoisotopic (exact) mass is 290 g/mol. The first-order valence-corrected chi connectivity index (χ1v) is 8.19. The van der Waals surface area contributed by atoms with Gasteiger partial charge in [0.2, 0.25) is 5.91 Å². The Morgan fingerprint density at radius 2 is 1.81 bits per heavy atom. The Hall–Kier alpha value is -1.51. The zero-order valence-electron chi connectivity index (χ0n) is 13.8. The molecule has 0 saturated carbocycles. The molecule has 21 heavy (non-hydrogen) atoms. The van der Waals surface area contributed by atoms with Crippen LogP contribution in [0.2, 0.25) is 0 Å². The number of unbranched alkanes of at least 4 members (excludes halogenated alkanes) is 4. The maximum Gasteiger partial charge on any atom is 0.223 e. The summed E-state index contributed by atoms with van der Waals surface area (Å²) < 4.78 is 0. The van der Waals surface area contributed by atoms with E-state index in [1.54, 1.807) is 0 Å². The molecule has 0 aliphatic rings. The zero-order chi connectivity index (χ0) is 15.7. The maximum atomic E-state index is 12.4. The van der Waals surface area contributed by atoms with Gasteiger partial charge in [0.1, 0.15) is 0 Å². The van der Waals surface area contributed by atoms with Crippen LogP contribution in [0.3, 0.4) is 0 Å². The molecule has 1 aromatic rings. The average Bonchev–Trinajstić information content (AvgIpc) is 2.45. The molecule has 0 aliphatic carbocycles. The van der Waals surface area contributed by atoms with Gasteiger partial charge in [-0.05, 0) is 31.9 Å². The SMILES string of the molecule is CCCCCCCC(=O)N(Cc1ccccc1N)C(C)C. The van der Waals surface area contributed by atoms with E-state index in [9.17, 15) is 4.79 Å². The van der Waals surface area contributed by atoms with Gasteiger partial charge in [-0.3, -0.25) is 4.79 Å². The lowest BCUT2D eigenvalue weighted by Crippen LogP contribution is -2.36. The molecule has 0 atom stereocenters. The quantitative estimate of drug-likeness (QED) is 0.542. The number of para-hydroxylation sites is 1. The Morgan fingerprint density at radius 1 is 1.14 bits per heavy atom. The van der Waals surface area contributed by atoms with Crippen LogP contribution in [0.4, 0.5) is 5.69 Å². The molecule has 1 rings (SSSR count). The Balaban J connectivity index is 2.53. The molecule has 0 unspecified atom stereocenters. The third kappa shape index (κ3) is 6.19. The van der Waals surface area contributed by atoms with E-state index in [4.69, 9.17) is 5.73 Å². The van der Waals surface area contributed by atoms with E-state index in [1.165, 1.54) is 19.3 Å². The van der Waals surface area contributed by atoms with Crippen LogP contribution >= 0.6 is 0 Å². The lowest BCUT2D eigenvalue weighted by molar-refractivity contribution is -0.133. The molecule has 0 fully saturated rings. The molecule has 0 aromatic heterocycles. The van der Waals surface area contributed by atoms with E-state index in [0.29, 0.717) is 13.0 Å². The van der Waals surface area contributed by atoms with Crippen molar-refractivity contribution < 1.29 is 4.79 Å². The first kappa shape index (κ1) is 17.5. The average molecular weight is 290 g/mol. The highest BCUT2D eigenvalue weighted by atomic mass is 16.2. The van der Waals surface area contributed by atoms with Crippen molar-refractivity contribution in [2.24, 2.45) is 0 Å². The van der Waals surface area contributed by atoms with Gasteiger partial charge in [0.05, 0.1) is 0 Å². The van der Waals surface area contributed by atoms with Gasteiger partial charge < -0.3 is 10.6 Å². The van der Waals surface area contributed by atoms with E-state index in [1.807, 2.05) is 29.2 Å². The van der Waals surface area contributed by atoms with Crippen molar-refractivity contribution in [1.29, 1.82) is 0 Å². The van der Waals surface area contributed by atoms with Gasteiger partial charge in [0.15, 0.2) is 0 Å². The summed E-state index contributed by atoms with van der Waals surface area (Å²) in [5, 5.41) is 0. The number of carbonyl (C=O) groups is 1. The van der Waals surface area contributed by atoms with E-state index in [0.717, 1.165) is 24.1 Å². The number of carbonyl (C=O) groups excluding carboxylic acids is 1. The summed E-state index contributed by atoms with van der Waals surface area (Å²) >= 11 is 0. The topological polar surface area (TPSA) is 46.3 Å². The van der Waals surface area contributed by atoms with Crippen molar-refractivity contribution in [3.63, 3.8) is 0 Å². The van der Waals surface area contributed by atoms with Gasteiger partial charge >= 0.3 is 0 Å². The van der Waals surface area contributed by atoms with Crippen molar-refractivity contribution in [2.45, 2.75) is 71.9 Å². The highest BCUT2D eigenvalue weighted by Crippen LogP contribution is 2.17. The minimum Gasteiger partial charge on any atom is -0.398 e. The van der Waals surface area contributed by atoms with E-state index >= 15 is 0 Å².